The number of likely N-dealkylation sites (tertiary alicyclic amines) is 1. The van der Waals surface area contributed by atoms with Crippen molar-refractivity contribution in [3.8, 4) is 0 Å². The SMILES string of the molecule is O=C(c1ccc(N2CCCC2=O)cc1)N1CCCC(O)C1. The molecule has 3 rings (SSSR count). The molecule has 5 heteroatoms. The first kappa shape index (κ1) is 14.1. The lowest BCUT2D eigenvalue weighted by Crippen LogP contribution is -2.42. The average molecular weight is 288 g/mol. The number of hydrogen-bond donors (Lipinski definition) is 1. The number of rotatable bonds is 2. The molecule has 1 N–H and O–H groups in total. The van der Waals surface area contributed by atoms with Crippen molar-refractivity contribution in [2.45, 2.75) is 31.8 Å². The summed E-state index contributed by atoms with van der Waals surface area (Å²) in [4.78, 5) is 27.5. The van der Waals surface area contributed by atoms with Gasteiger partial charge in [0.15, 0.2) is 0 Å². The molecule has 2 heterocycles. The Bertz CT molecular complexity index is 541. The molecular weight excluding hydrogens is 268 g/mol. The second-order valence-corrected chi connectivity index (χ2v) is 5.74. The average Bonchev–Trinajstić information content (AvgIpc) is 2.93. The molecule has 2 aliphatic rings. The number of benzene rings is 1. The van der Waals surface area contributed by atoms with Crippen molar-refractivity contribution in [3.63, 3.8) is 0 Å². The fraction of sp³-hybridized carbons (Fsp3) is 0.500. The van der Waals surface area contributed by atoms with Gasteiger partial charge in [0.25, 0.3) is 5.91 Å². The fourth-order valence-electron chi connectivity index (χ4n) is 3.03. The Kier molecular flexibility index (Phi) is 3.92. The number of anilines is 1. The van der Waals surface area contributed by atoms with Gasteiger partial charge in [-0.1, -0.05) is 0 Å². The summed E-state index contributed by atoms with van der Waals surface area (Å²) < 4.78 is 0. The minimum Gasteiger partial charge on any atom is -0.391 e. The summed E-state index contributed by atoms with van der Waals surface area (Å²) in [6, 6.07) is 7.20. The van der Waals surface area contributed by atoms with Crippen LogP contribution in [0, 0.1) is 0 Å². The van der Waals surface area contributed by atoms with Crippen molar-refractivity contribution in [3.05, 3.63) is 29.8 Å². The summed E-state index contributed by atoms with van der Waals surface area (Å²) in [6.07, 6.45) is 2.69. The first-order valence-corrected chi connectivity index (χ1v) is 7.53. The Morgan fingerprint density at radius 2 is 1.90 bits per heavy atom. The molecule has 1 unspecified atom stereocenters. The minimum absolute atomic E-state index is 0.0481. The van der Waals surface area contributed by atoms with Crippen LogP contribution in [0.25, 0.3) is 0 Å². The van der Waals surface area contributed by atoms with Crippen LogP contribution in [-0.4, -0.2) is 47.6 Å². The van der Waals surface area contributed by atoms with Crippen LogP contribution in [0.2, 0.25) is 0 Å². The number of β-amino-alcohol motifs (C(OH)–C–C–N with tert-alkyl or cyclic N) is 1. The van der Waals surface area contributed by atoms with Gasteiger partial charge in [-0.15, -0.1) is 0 Å². The molecule has 0 saturated carbocycles. The first-order valence-electron chi connectivity index (χ1n) is 7.53. The van der Waals surface area contributed by atoms with Crippen molar-refractivity contribution in [1.29, 1.82) is 0 Å². The molecule has 2 amide bonds. The lowest BCUT2D eigenvalue weighted by atomic mass is 10.1. The van der Waals surface area contributed by atoms with Crippen LogP contribution in [0.5, 0.6) is 0 Å². The third-order valence-corrected chi connectivity index (χ3v) is 4.18. The monoisotopic (exact) mass is 288 g/mol. The number of piperidine rings is 1. The highest BCUT2D eigenvalue weighted by Gasteiger charge is 2.24. The van der Waals surface area contributed by atoms with Gasteiger partial charge in [0.1, 0.15) is 0 Å². The number of carbonyl (C=O) groups is 2. The predicted octanol–water partition coefficient (Wildman–Crippen LogP) is 1.41. The second-order valence-electron chi connectivity index (χ2n) is 5.74. The lowest BCUT2D eigenvalue weighted by molar-refractivity contribution is -0.117. The van der Waals surface area contributed by atoms with E-state index < -0.39 is 6.10 Å². The van der Waals surface area contributed by atoms with Crippen molar-refractivity contribution in [1.82, 2.24) is 4.90 Å². The van der Waals surface area contributed by atoms with Crippen LogP contribution in [0.1, 0.15) is 36.0 Å². The summed E-state index contributed by atoms with van der Waals surface area (Å²) in [5, 5.41) is 9.65. The molecule has 0 aliphatic carbocycles. The molecule has 5 nitrogen and oxygen atoms in total. The van der Waals surface area contributed by atoms with E-state index in [1.54, 1.807) is 21.9 Å². The Morgan fingerprint density at radius 1 is 1.14 bits per heavy atom. The van der Waals surface area contributed by atoms with E-state index in [1.807, 2.05) is 12.1 Å². The van der Waals surface area contributed by atoms with Gasteiger partial charge >= 0.3 is 0 Å². The van der Waals surface area contributed by atoms with Crippen LogP contribution in [0.4, 0.5) is 5.69 Å². The van der Waals surface area contributed by atoms with E-state index in [-0.39, 0.29) is 11.8 Å². The van der Waals surface area contributed by atoms with Gasteiger partial charge in [0.05, 0.1) is 6.10 Å². The van der Waals surface area contributed by atoms with Crippen molar-refractivity contribution >= 4 is 17.5 Å². The molecule has 0 spiro atoms. The van der Waals surface area contributed by atoms with E-state index in [2.05, 4.69) is 0 Å². The van der Waals surface area contributed by atoms with E-state index in [4.69, 9.17) is 0 Å². The molecule has 1 aromatic carbocycles. The molecule has 112 valence electrons. The number of aliphatic hydroxyl groups excluding tert-OH is 1. The van der Waals surface area contributed by atoms with E-state index >= 15 is 0 Å². The highest BCUT2D eigenvalue weighted by Crippen LogP contribution is 2.22. The number of carbonyl (C=O) groups excluding carboxylic acids is 2. The summed E-state index contributed by atoms with van der Waals surface area (Å²) in [7, 11) is 0. The van der Waals surface area contributed by atoms with Crippen LogP contribution < -0.4 is 4.90 Å². The Hall–Kier alpha value is -1.88. The smallest absolute Gasteiger partial charge is 0.253 e. The standard InChI is InChI=1S/C16H20N2O3/c19-14-3-1-9-17(11-14)16(21)12-5-7-13(8-6-12)18-10-2-4-15(18)20/h5-8,14,19H,1-4,9-11H2. The normalized spacial score (nSPS) is 22.7. The molecular formula is C16H20N2O3. The highest BCUT2D eigenvalue weighted by molar-refractivity contribution is 5.97. The number of hydrogen-bond acceptors (Lipinski definition) is 3. The van der Waals surface area contributed by atoms with Crippen LogP contribution in [0.3, 0.4) is 0 Å². The third kappa shape index (κ3) is 2.93. The van der Waals surface area contributed by atoms with Crippen molar-refractivity contribution < 1.29 is 14.7 Å². The van der Waals surface area contributed by atoms with Gasteiger partial charge in [-0.05, 0) is 43.5 Å². The quantitative estimate of drug-likeness (QED) is 0.895. The maximum Gasteiger partial charge on any atom is 0.253 e. The summed E-state index contributed by atoms with van der Waals surface area (Å²) in [5.41, 5.74) is 1.47. The molecule has 2 aliphatic heterocycles. The van der Waals surface area contributed by atoms with E-state index in [0.29, 0.717) is 25.1 Å². The van der Waals surface area contributed by atoms with Gasteiger partial charge in [-0.3, -0.25) is 9.59 Å². The van der Waals surface area contributed by atoms with Gasteiger partial charge in [-0.2, -0.15) is 0 Å². The lowest BCUT2D eigenvalue weighted by Gasteiger charge is -2.30. The van der Waals surface area contributed by atoms with Crippen LogP contribution >= 0.6 is 0 Å². The molecule has 1 atom stereocenters. The maximum absolute atomic E-state index is 12.4. The Labute approximate surface area is 124 Å². The molecule has 0 aromatic heterocycles. The first-order chi connectivity index (χ1) is 10.1. The number of aliphatic hydroxyl groups is 1. The second kappa shape index (κ2) is 5.85. The topological polar surface area (TPSA) is 60.9 Å². The summed E-state index contributed by atoms with van der Waals surface area (Å²) >= 11 is 0. The molecule has 21 heavy (non-hydrogen) atoms. The highest BCUT2D eigenvalue weighted by atomic mass is 16.3. The largest absolute Gasteiger partial charge is 0.391 e. The number of amides is 2. The van der Waals surface area contributed by atoms with Crippen LogP contribution in [-0.2, 0) is 4.79 Å². The molecule has 0 radical (unpaired) electrons. The number of nitrogens with zero attached hydrogens (tertiary/aromatic N) is 2. The Balaban J connectivity index is 1.71. The van der Waals surface area contributed by atoms with Crippen molar-refractivity contribution in [2.24, 2.45) is 0 Å². The molecule has 2 saturated heterocycles. The summed E-state index contributed by atoms with van der Waals surface area (Å²) in [6.45, 7) is 1.86. The zero-order chi connectivity index (χ0) is 14.8. The molecule has 0 bridgehead atoms. The van der Waals surface area contributed by atoms with E-state index in [9.17, 15) is 14.7 Å². The zero-order valence-electron chi connectivity index (χ0n) is 12.0. The van der Waals surface area contributed by atoms with Gasteiger partial charge in [0, 0.05) is 37.3 Å². The summed E-state index contributed by atoms with van der Waals surface area (Å²) in [5.74, 6) is 0.0984. The van der Waals surface area contributed by atoms with Gasteiger partial charge in [0.2, 0.25) is 5.91 Å². The van der Waals surface area contributed by atoms with E-state index in [1.165, 1.54) is 0 Å². The van der Waals surface area contributed by atoms with Crippen LogP contribution in [0.15, 0.2) is 24.3 Å². The fourth-order valence-corrected chi connectivity index (χ4v) is 3.03. The van der Waals surface area contributed by atoms with E-state index in [0.717, 1.165) is 31.5 Å². The minimum atomic E-state index is -0.413. The molecule has 2 fully saturated rings. The zero-order valence-corrected chi connectivity index (χ0v) is 12.0. The van der Waals surface area contributed by atoms with Gasteiger partial charge in [-0.25, -0.2) is 0 Å². The molecule has 1 aromatic rings. The Morgan fingerprint density at radius 3 is 2.52 bits per heavy atom. The maximum atomic E-state index is 12.4. The van der Waals surface area contributed by atoms with Gasteiger partial charge < -0.3 is 14.9 Å². The predicted molar refractivity (Wildman–Crippen MR) is 79.2 cm³/mol. The van der Waals surface area contributed by atoms with Crippen molar-refractivity contribution in [2.75, 3.05) is 24.5 Å². The third-order valence-electron chi connectivity index (χ3n) is 4.18.